The molecule has 0 saturated heterocycles. The van der Waals surface area contributed by atoms with Gasteiger partial charge in [-0.3, -0.25) is 10.1 Å². The van der Waals surface area contributed by atoms with Gasteiger partial charge in [-0.25, -0.2) is 9.97 Å². The maximum Gasteiger partial charge on any atom is 0.292 e. The second-order valence-corrected chi connectivity index (χ2v) is 5.37. The summed E-state index contributed by atoms with van der Waals surface area (Å²) in [7, 11) is 0. The van der Waals surface area contributed by atoms with E-state index in [4.69, 9.17) is 0 Å². The number of nitrogens with zero attached hydrogens (tertiary/aromatic N) is 3. The normalized spacial score (nSPS) is 10.4. The molecule has 1 heterocycles. The number of para-hydroxylation sites is 1. The lowest BCUT2D eigenvalue weighted by Crippen LogP contribution is -2.04. The van der Waals surface area contributed by atoms with Crippen molar-refractivity contribution < 1.29 is 4.92 Å². The summed E-state index contributed by atoms with van der Waals surface area (Å²) in [5.41, 5.74) is 2.55. The van der Waals surface area contributed by atoms with Crippen molar-refractivity contribution >= 4 is 23.1 Å². The van der Waals surface area contributed by atoms with Crippen molar-refractivity contribution in [3.8, 4) is 0 Å². The molecule has 21 heavy (non-hydrogen) atoms. The van der Waals surface area contributed by atoms with Crippen molar-refractivity contribution in [3.63, 3.8) is 0 Å². The molecule has 2 aromatic rings. The Bertz CT molecular complexity index is 631. The van der Waals surface area contributed by atoms with E-state index in [-0.39, 0.29) is 10.6 Å². The second kappa shape index (κ2) is 7.03. The van der Waals surface area contributed by atoms with Crippen LogP contribution in [-0.4, -0.2) is 21.4 Å². The molecule has 1 aromatic heterocycles. The van der Waals surface area contributed by atoms with E-state index >= 15 is 0 Å². The van der Waals surface area contributed by atoms with Crippen LogP contribution in [-0.2, 0) is 5.75 Å². The molecule has 0 aliphatic heterocycles. The van der Waals surface area contributed by atoms with E-state index in [0.717, 1.165) is 11.1 Å². The molecule has 0 atom stereocenters. The van der Waals surface area contributed by atoms with E-state index in [9.17, 15) is 10.1 Å². The lowest BCUT2D eigenvalue weighted by atomic mass is 10.1. The van der Waals surface area contributed by atoms with Crippen molar-refractivity contribution in [1.29, 1.82) is 0 Å². The average molecular weight is 304 g/mol. The van der Waals surface area contributed by atoms with Crippen molar-refractivity contribution in [1.82, 2.24) is 9.97 Å². The van der Waals surface area contributed by atoms with Crippen LogP contribution in [0.3, 0.4) is 0 Å². The van der Waals surface area contributed by atoms with Gasteiger partial charge in [0.2, 0.25) is 0 Å². The van der Waals surface area contributed by atoms with Crippen LogP contribution in [0, 0.1) is 17.0 Å². The molecule has 110 valence electrons. The Kier molecular flexibility index (Phi) is 5.10. The molecule has 0 aliphatic carbocycles. The topological polar surface area (TPSA) is 81.0 Å². The van der Waals surface area contributed by atoms with Gasteiger partial charge in [-0.05, 0) is 25.0 Å². The summed E-state index contributed by atoms with van der Waals surface area (Å²) in [5.74, 6) is 0.576. The van der Waals surface area contributed by atoms with Crippen LogP contribution in [0.5, 0.6) is 0 Å². The highest BCUT2D eigenvalue weighted by Gasteiger charge is 2.16. The molecule has 0 amide bonds. The van der Waals surface area contributed by atoms with Crippen LogP contribution >= 0.6 is 11.8 Å². The monoisotopic (exact) mass is 304 g/mol. The summed E-state index contributed by atoms with van der Waals surface area (Å²) < 4.78 is 0. The first-order valence-electron chi connectivity index (χ1n) is 6.53. The van der Waals surface area contributed by atoms with E-state index in [2.05, 4.69) is 15.3 Å². The first kappa shape index (κ1) is 15.2. The van der Waals surface area contributed by atoms with E-state index < -0.39 is 0 Å². The van der Waals surface area contributed by atoms with Gasteiger partial charge < -0.3 is 5.32 Å². The number of hydrogen-bond acceptors (Lipinski definition) is 6. The van der Waals surface area contributed by atoms with Crippen molar-refractivity contribution in [2.45, 2.75) is 24.8 Å². The highest BCUT2D eigenvalue weighted by atomic mass is 32.2. The van der Waals surface area contributed by atoms with Crippen LogP contribution in [0.1, 0.15) is 18.1 Å². The number of hydrogen-bond donors (Lipinski definition) is 1. The molecule has 6 nitrogen and oxygen atoms in total. The number of thioether (sulfide) groups is 1. The highest BCUT2D eigenvalue weighted by molar-refractivity contribution is 7.98. The predicted octanol–water partition coefficient (Wildman–Crippen LogP) is 3.42. The molecule has 2 rings (SSSR count). The first-order valence-corrected chi connectivity index (χ1v) is 7.52. The minimum atomic E-state index is -0.367. The highest BCUT2D eigenvalue weighted by Crippen LogP contribution is 2.31. The van der Waals surface area contributed by atoms with E-state index in [1.54, 1.807) is 18.5 Å². The zero-order chi connectivity index (χ0) is 15.2. The molecule has 0 radical (unpaired) electrons. The van der Waals surface area contributed by atoms with Crippen LogP contribution in [0.4, 0.5) is 11.4 Å². The summed E-state index contributed by atoms with van der Waals surface area (Å²) in [6.45, 7) is 4.47. The van der Waals surface area contributed by atoms with Crippen LogP contribution in [0.25, 0.3) is 0 Å². The molecule has 0 saturated carbocycles. The number of aryl methyl sites for hydroxylation is 1. The zero-order valence-electron chi connectivity index (χ0n) is 11.9. The number of anilines is 1. The fourth-order valence-corrected chi connectivity index (χ4v) is 2.62. The van der Waals surface area contributed by atoms with Gasteiger partial charge in [-0.2, -0.15) is 0 Å². The summed E-state index contributed by atoms with van der Waals surface area (Å²) in [6.07, 6.45) is 3.52. The molecule has 0 aliphatic rings. The molecule has 1 N–H and O–H groups in total. The standard InChI is InChI=1S/C14H16N4O2S/c1-3-15-13-11(5-4-6-12(13)18(19)20)9-21-14-16-7-10(2)8-17-14/h4-8,15H,3,9H2,1-2H3. The molecule has 1 aromatic carbocycles. The van der Waals surface area contributed by atoms with Gasteiger partial charge in [0, 0.05) is 30.8 Å². The minimum Gasteiger partial charge on any atom is -0.380 e. The SMILES string of the molecule is CCNc1c(CSc2ncc(C)cn2)cccc1[N+](=O)[O-]. The third-order valence-corrected chi connectivity index (χ3v) is 3.72. The van der Waals surface area contributed by atoms with Gasteiger partial charge in [-0.1, -0.05) is 23.9 Å². The molecule has 0 spiro atoms. The van der Waals surface area contributed by atoms with Gasteiger partial charge in [-0.15, -0.1) is 0 Å². The van der Waals surface area contributed by atoms with Crippen LogP contribution in [0.15, 0.2) is 35.7 Å². The van der Waals surface area contributed by atoms with Gasteiger partial charge in [0.15, 0.2) is 5.16 Å². The molecule has 0 fully saturated rings. The average Bonchev–Trinajstić information content (AvgIpc) is 2.47. The quantitative estimate of drug-likeness (QED) is 0.381. The lowest BCUT2D eigenvalue weighted by molar-refractivity contribution is -0.384. The first-order chi connectivity index (χ1) is 10.1. The third kappa shape index (κ3) is 3.91. The fraction of sp³-hybridized carbons (Fsp3) is 0.286. The Morgan fingerprint density at radius 3 is 2.67 bits per heavy atom. The number of aromatic nitrogens is 2. The number of nitrogens with one attached hydrogen (secondary N) is 1. The van der Waals surface area contributed by atoms with E-state index in [0.29, 0.717) is 23.1 Å². The Hall–Kier alpha value is -2.15. The summed E-state index contributed by atoms with van der Waals surface area (Å²) in [5, 5.41) is 14.8. The van der Waals surface area contributed by atoms with Crippen LogP contribution < -0.4 is 5.32 Å². The largest absolute Gasteiger partial charge is 0.380 e. The molecular formula is C14H16N4O2S. The van der Waals surface area contributed by atoms with Gasteiger partial charge >= 0.3 is 0 Å². The fourth-order valence-electron chi connectivity index (χ4n) is 1.84. The molecular weight excluding hydrogens is 288 g/mol. The van der Waals surface area contributed by atoms with Gasteiger partial charge in [0.05, 0.1) is 4.92 Å². The maximum atomic E-state index is 11.1. The summed E-state index contributed by atoms with van der Waals surface area (Å²) >= 11 is 1.46. The smallest absolute Gasteiger partial charge is 0.292 e. The Balaban J connectivity index is 2.20. The molecule has 7 heteroatoms. The minimum absolute atomic E-state index is 0.0970. The summed E-state index contributed by atoms with van der Waals surface area (Å²) in [4.78, 5) is 19.2. The molecule has 0 unspecified atom stereocenters. The second-order valence-electron chi connectivity index (χ2n) is 4.43. The van der Waals surface area contributed by atoms with E-state index in [1.807, 2.05) is 19.9 Å². The number of benzene rings is 1. The third-order valence-electron chi connectivity index (χ3n) is 2.79. The Morgan fingerprint density at radius 1 is 1.33 bits per heavy atom. The number of nitro benzene ring substituents is 1. The Morgan fingerprint density at radius 2 is 2.05 bits per heavy atom. The lowest BCUT2D eigenvalue weighted by Gasteiger charge is -2.10. The number of rotatable bonds is 6. The van der Waals surface area contributed by atoms with Crippen LogP contribution in [0.2, 0.25) is 0 Å². The predicted molar refractivity (Wildman–Crippen MR) is 83.6 cm³/mol. The van der Waals surface area contributed by atoms with Crippen molar-refractivity contribution in [2.24, 2.45) is 0 Å². The summed E-state index contributed by atoms with van der Waals surface area (Å²) in [6, 6.07) is 5.09. The maximum absolute atomic E-state index is 11.1. The number of nitro groups is 1. The van der Waals surface area contributed by atoms with Gasteiger partial charge in [0.1, 0.15) is 5.69 Å². The van der Waals surface area contributed by atoms with Crippen molar-refractivity contribution in [3.05, 3.63) is 51.8 Å². The van der Waals surface area contributed by atoms with Gasteiger partial charge in [0.25, 0.3) is 5.69 Å². The van der Waals surface area contributed by atoms with Crippen molar-refractivity contribution in [2.75, 3.05) is 11.9 Å². The Labute approximate surface area is 127 Å². The van der Waals surface area contributed by atoms with E-state index in [1.165, 1.54) is 17.8 Å². The zero-order valence-corrected chi connectivity index (χ0v) is 12.7. The molecule has 0 bridgehead atoms.